The van der Waals surface area contributed by atoms with E-state index in [4.69, 9.17) is 0 Å². The molecule has 1 aliphatic rings. The number of hydrogen-bond acceptors (Lipinski definition) is 6. The Labute approximate surface area is 205 Å². The number of thiazole rings is 1. The molecule has 30 heavy (non-hydrogen) atoms. The molecule has 10 heteroatoms. The molecule has 1 aliphatic carbocycles. The van der Waals surface area contributed by atoms with E-state index in [9.17, 15) is 0 Å². The Bertz CT molecular complexity index is 793. The Morgan fingerprint density at radius 3 is 2.53 bits per heavy atom. The third-order valence-electron chi connectivity index (χ3n) is 5.40. The molecule has 0 spiro atoms. The van der Waals surface area contributed by atoms with E-state index in [1.807, 2.05) is 7.05 Å². The summed E-state index contributed by atoms with van der Waals surface area (Å²) in [7, 11) is 1.81. The van der Waals surface area contributed by atoms with Crippen molar-refractivity contribution in [1.82, 2.24) is 30.4 Å². The van der Waals surface area contributed by atoms with Crippen LogP contribution in [0.2, 0.25) is 0 Å². The third-order valence-corrected chi connectivity index (χ3v) is 7.18. The van der Waals surface area contributed by atoms with Crippen LogP contribution in [-0.2, 0) is 12.8 Å². The highest BCUT2D eigenvalue weighted by atomic mass is 127. The molecule has 0 aliphatic heterocycles. The van der Waals surface area contributed by atoms with Crippen LogP contribution >= 0.6 is 47.1 Å². The van der Waals surface area contributed by atoms with Crippen molar-refractivity contribution in [2.45, 2.75) is 70.0 Å². The first-order valence-electron chi connectivity index (χ1n) is 10.5. The fourth-order valence-electron chi connectivity index (χ4n) is 3.75. The van der Waals surface area contributed by atoms with Gasteiger partial charge in [0.25, 0.3) is 0 Å². The summed E-state index contributed by atoms with van der Waals surface area (Å²) in [5.41, 5.74) is 1.14. The number of halogens is 1. The van der Waals surface area contributed by atoms with E-state index in [0.29, 0.717) is 6.04 Å². The average molecular weight is 564 g/mol. The monoisotopic (exact) mass is 563 g/mol. The van der Waals surface area contributed by atoms with Crippen molar-refractivity contribution in [1.29, 1.82) is 0 Å². The highest BCUT2D eigenvalue weighted by molar-refractivity contribution is 14.0. The van der Waals surface area contributed by atoms with E-state index in [1.165, 1.54) is 35.6 Å². The van der Waals surface area contributed by atoms with Gasteiger partial charge >= 0.3 is 0 Å². The second kappa shape index (κ2) is 12.8. The molecular formula is C20H34IN7S2. The van der Waals surface area contributed by atoms with Crippen LogP contribution in [0.5, 0.6) is 0 Å². The van der Waals surface area contributed by atoms with Crippen LogP contribution in [0.3, 0.4) is 0 Å². The summed E-state index contributed by atoms with van der Waals surface area (Å²) in [6.45, 7) is 5.89. The molecular weight excluding hydrogens is 529 g/mol. The van der Waals surface area contributed by atoms with Crippen molar-refractivity contribution in [3.05, 3.63) is 21.4 Å². The standard InChI is InChI=1S/C20H33N7S2.HI/c1-14-15(2)29-18(24-14)11-13-23-19(21-3)22-12-7-10-17-25-26-20(28-4)27(17)16-8-5-6-9-16;/h16H,5-13H2,1-4H3,(H2,21,22,23);1H. The van der Waals surface area contributed by atoms with E-state index >= 15 is 0 Å². The molecule has 2 aromatic rings. The predicted octanol–water partition coefficient (Wildman–Crippen LogP) is 4.15. The molecule has 1 saturated carbocycles. The number of rotatable bonds is 9. The third kappa shape index (κ3) is 6.81. The lowest BCUT2D eigenvalue weighted by molar-refractivity contribution is 0.460. The lowest BCUT2D eigenvalue weighted by atomic mass is 10.2. The summed E-state index contributed by atoms with van der Waals surface area (Å²) >= 11 is 3.48. The normalized spacial score (nSPS) is 14.7. The van der Waals surface area contributed by atoms with E-state index in [2.05, 4.69) is 55.5 Å². The van der Waals surface area contributed by atoms with Crippen LogP contribution in [0.1, 0.15) is 59.5 Å². The smallest absolute Gasteiger partial charge is 0.191 e. The van der Waals surface area contributed by atoms with E-state index in [0.717, 1.165) is 55.0 Å². The second-order valence-electron chi connectivity index (χ2n) is 7.44. The average Bonchev–Trinajstić information content (AvgIpc) is 3.44. The first-order chi connectivity index (χ1) is 14.1. The van der Waals surface area contributed by atoms with Gasteiger partial charge in [-0.1, -0.05) is 24.6 Å². The van der Waals surface area contributed by atoms with Crippen molar-refractivity contribution in [2.75, 3.05) is 26.4 Å². The van der Waals surface area contributed by atoms with Crippen molar-refractivity contribution >= 4 is 53.0 Å². The number of hydrogen-bond donors (Lipinski definition) is 2. The van der Waals surface area contributed by atoms with Crippen LogP contribution < -0.4 is 10.6 Å². The molecule has 0 atom stereocenters. The quantitative estimate of drug-likeness (QED) is 0.157. The van der Waals surface area contributed by atoms with Gasteiger partial charge in [-0.15, -0.1) is 45.5 Å². The van der Waals surface area contributed by atoms with Gasteiger partial charge in [-0.25, -0.2) is 4.98 Å². The zero-order valence-corrected chi connectivity index (χ0v) is 22.4. The largest absolute Gasteiger partial charge is 0.356 e. The molecule has 2 aromatic heterocycles. The number of nitrogens with zero attached hydrogens (tertiary/aromatic N) is 5. The Balaban J connectivity index is 0.00000320. The van der Waals surface area contributed by atoms with E-state index in [1.54, 1.807) is 23.1 Å². The Morgan fingerprint density at radius 2 is 1.90 bits per heavy atom. The van der Waals surface area contributed by atoms with Gasteiger partial charge in [0.15, 0.2) is 11.1 Å². The van der Waals surface area contributed by atoms with Crippen molar-refractivity contribution in [2.24, 2.45) is 4.99 Å². The first-order valence-corrected chi connectivity index (χ1v) is 12.5. The summed E-state index contributed by atoms with van der Waals surface area (Å²) in [6, 6.07) is 0.586. The highest BCUT2D eigenvalue weighted by Gasteiger charge is 2.23. The van der Waals surface area contributed by atoms with Gasteiger partial charge in [-0.3, -0.25) is 4.99 Å². The highest BCUT2D eigenvalue weighted by Crippen LogP contribution is 2.33. The number of guanidine groups is 1. The van der Waals surface area contributed by atoms with Gasteiger partial charge < -0.3 is 15.2 Å². The molecule has 7 nitrogen and oxygen atoms in total. The minimum atomic E-state index is 0. The zero-order chi connectivity index (χ0) is 20.6. The number of aromatic nitrogens is 4. The van der Waals surface area contributed by atoms with Gasteiger partial charge in [0.1, 0.15) is 5.82 Å². The van der Waals surface area contributed by atoms with Gasteiger partial charge in [-0.2, -0.15) is 0 Å². The number of thioether (sulfide) groups is 1. The molecule has 0 unspecified atom stereocenters. The Kier molecular flexibility index (Phi) is 10.9. The van der Waals surface area contributed by atoms with Crippen LogP contribution in [0.15, 0.2) is 10.1 Å². The molecule has 1 fully saturated rings. The maximum Gasteiger partial charge on any atom is 0.191 e. The SMILES string of the molecule is CN=C(NCCCc1nnc(SC)n1C1CCCC1)NCCc1nc(C)c(C)s1.I. The molecule has 0 amide bonds. The van der Waals surface area contributed by atoms with Crippen LogP contribution in [0, 0.1) is 13.8 Å². The summed E-state index contributed by atoms with van der Waals surface area (Å²) in [5, 5.41) is 17.9. The minimum absolute atomic E-state index is 0. The van der Waals surface area contributed by atoms with Gasteiger partial charge in [-0.05, 0) is 39.4 Å². The Morgan fingerprint density at radius 1 is 1.17 bits per heavy atom. The fraction of sp³-hybridized carbons (Fsp3) is 0.700. The summed E-state index contributed by atoms with van der Waals surface area (Å²) in [6.07, 6.45) is 10.1. The van der Waals surface area contributed by atoms with E-state index < -0.39 is 0 Å². The molecule has 2 N–H and O–H groups in total. The van der Waals surface area contributed by atoms with Gasteiger partial charge in [0, 0.05) is 43.9 Å². The maximum atomic E-state index is 4.59. The first kappa shape index (κ1) is 25.4. The lowest BCUT2D eigenvalue weighted by Crippen LogP contribution is -2.38. The molecule has 0 saturated heterocycles. The molecule has 0 bridgehead atoms. The molecule has 0 aromatic carbocycles. The van der Waals surface area contributed by atoms with Crippen molar-refractivity contribution in [3.63, 3.8) is 0 Å². The van der Waals surface area contributed by atoms with Crippen molar-refractivity contribution in [3.8, 4) is 0 Å². The van der Waals surface area contributed by atoms with Gasteiger partial charge in [0.05, 0.1) is 10.7 Å². The number of nitrogens with one attached hydrogen (secondary N) is 2. The number of aliphatic imine (C=N–C) groups is 1. The summed E-state index contributed by atoms with van der Waals surface area (Å²) < 4.78 is 2.39. The maximum absolute atomic E-state index is 4.59. The fourth-order valence-corrected chi connectivity index (χ4v) is 5.26. The van der Waals surface area contributed by atoms with Crippen LogP contribution in [0.25, 0.3) is 0 Å². The van der Waals surface area contributed by atoms with E-state index in [-0.39, 0.29) is 24.0 Å². The van der Waals surface area contributed by atoms with Gasteiger partial charge in [0.2, 0.25) is 0 Å². The molecule has 168 valence electrons. The van der Waals surface area contributed by atoms with Crippen LogP contribution in [0.4, 0.5) is 0 Å². The Hall–Kier alpha value is -0.880. The molecule has 0 radical (unpaired) electrons. The second-order valence-corrected chi connectivity index (χ2v) is 9.50. The van der Waals surface area contributed by atoms with Crippen LogP contribution in [-0.4, -0.2) is 52.1 Å². The lowest BCUT2D eigenvalue weighted by Gasteiger charge is -2.16. The number of aryl methyl sites for hydroxylation is 3. The topological polar surface area (TPSA) is 80.0 Å². The predicted molar refractivity (Wildman–Crippen MR) is 138 cm³/mol. The zero-order valence-electron chi connectivity index (χ0n) is 18.4. The molecule has 2 heterocycles. The minimum Gasteiger partial charge on any atom is -0.356 e. The van der Waals surface area contributed by atoms with Crippen molar-refractivity contribution < 1.29 is 0 Å². The summed E-state index contributed by atoms with van der Waals surface area (Å²) in [4.78, 5) is 10.2. The summed E-state index contributed by atoms with van der Waals surface area (Å²) in [5.74, 6) is 1.97. The molecule has 3 rings (SSSR count).